The van der Waals surface area contributed by atoms with E-state index in [0.717, 1.165) is 0 Å². The van der Waals surface area contributed by atoms with Crippen LogP contribution in [0.3, 0.4) is 0 Å². The molecule has 11 nitrogen and oxygen atoms in total. The van der Waals surface area contributed by atoms with Crippen LogP contribution in [0.25, 0.3) is 16.7 Å². The molecule has 1 saturated heterocycles. The lowest BCUT2D eigenvalue weighted by Crippen LogP contribution is -2.54. The summed E-state index contributed by atoms with van der Waals surface area (Å²) in [7, 11) is 3.65. The van der Waals surface area contributed by atoms with Crippen LogP contribution in [0.5, 0.6) is 0 Å². The van der Waals surface area contributed by atoms with Gasteiger partial charge in [0.1, 0.15) is 23.0 Å². The summed E-state index contributed by atoms with van der Waals surface area (Å²) in [6.45, 7) is 6.72. The second kappa shape index (κ2) is 9.46. The van der Waals surface area contributed by atoms with E-state index < -0.39 is 11.8 Å². The molecule has 13 heteroatoms. The fraction of sp³-hybridized carbons (Fsp3) is 0.455. The number of hydrogen-bond acceptors (Lipinski definition) is 8. The smallest absolute Gasteiger partial charge is 0.407 e. The van der Waals surface area contributed by atoms with E-state index in [1.54, 1.807) is 11.0 Å². The third-order valence-corrected chi connectivity index (χ3v) is 6.63. The Morgan fingerprint density at radius 3 is 2.51 bits per heavy atom. The van der Waals surface area contributed by atoms with Crippen molar-refractivity contribution < 1.29 is 9.90 Å². The lowest BCUT2D eigenvalue weighted by atomic mass is 10.1. The van der Waals surface area contributed by atoms with E-state index in [4.69, 9.17) is 23.2 Å². The molecular weight excluding hydrogens is 495 g/mol. The Bertz CT molecular complexity index is 1330. The monoisotopic (exact) mass is 520 g/mol. The Kier molecular flexibility index (Phi) is 6.74. The second-order valence-electron chi connectivity index (χ2n) is 8.94. The summed E-state index contributed by atoms with van der Waals surface area (Å²) in [6, 6.07) is 1.40. The quantitative estimate of drug-likeness (QED) is 0.516. The maximum atomic E-state index is 13.7. The molecule has 0 unspecified atom stereocenters. The van der Waals surface area contributed by atoms with Crippen molar-refractivity contribution in [3.8, 4) is 5.69 Å². The highest BCUT2D eigenvalue weighted by Gasteiger charge is 2.31. The van der Waals surface area contributed by atoms with Crippen LogP contribution in [0, 0.1) is 0 Å². The van der Waals surface area contributed by atoms with Crippen molar-refractivity contribution in [3.05, 3.63) is 38.7 Å². The minimum absolute atomic E-state index is 0.0276. The van der Waals surface area contributed by atoms with E-state index in [-0.39, 0.29) is 40.9 Å². The molecule has 0 spiro atoms. The topological polar surface area (TPSA) is 121 Å². The summed E-state index contributed by atoms with van der Waals surface area (Å²) < 4.78 is 1.38. The van der Waals surface area contributed by atoms with Crippen LogP contribution >= 0.6 is 23.2 Å². The third-order valence-electron chi connectivity index (χ3n) is 5.95. The number of carboxylic acid groups (broad SMARTS) is 1. The molecule has 1 aliphatic heterocycles. The van der Waals surface area contributed by atoms with Crippen LogP contribution in [-0.2, 0) is 0 Å². The molecule has 0 bridgehead atoms. The Hall–Kier alpha value is -3.18. The number of hydrogen-bond donors (Lipinski definition) is 1. The van der Waals surface area contributed by atoms with Crippen molar-refractivity contribution in [1.82, 2.24) is 29.4 Å². The van der Waals surface area contributed by atoms with Crippen molar-refractivity contribution in [3.63, 3.8) is 0 Å². The number of pyridine rings is 1. The lowest BCUT2D eigenvalue weighted by Gasteiger charge is -2.39. The molecule has 0 radical (unpaired) electrons. The van der Waals surface area contributed by atoms with Gasteiger partial charge in [0.05, 0.1) is 16.1 Å². The number of fused-ring (bicyclic) bond motifs is 1. The first-order chi connectivity index (χ1) is 16.5. The maximum absolute atomic E-state index is 13.7. The van der Waals surface area contributed by atoms with Gasteiger partial charge in [-0.25, -0.2) is 29.1 Å². The average molecular weight is 521 g/mol. The predicted octanol–water partition coefficient (Wildman–Crippen LogP) is 3.26. The number of piperazine rings is 1. The highest BCUT2D eigenvalue weighted by Crippen LogP contribution is 2.34. The Balaban J connectivity index is 2.03. The van der Waals surface area contributed by atoms with Crippen molar-refractivity contribution >= 4 is 52.0 Å². The Morgan fingerprint density at radius 2 is 1.91 bits per heavy atom. The average Bonchev–Trinajstić information content (AvgIpc) is 2.79. The van der Waals surface area contributed by atoms with Crippen LogP contribution in [0.4, 0.5) is 16.4 Å². The SMILES string of the molecule is CC(C)c1ncnc(N(C)C)c1-n1c(=O)nc(N2CCN(C(=O)O)C[C@@H]2C)c2cc(Cl)c(Cl)nc21. The summed E-state index contributed by atoms with van der Waals surface area (Å²) in [6.07, 6.45) is 0.479. The lowest BCUT2D eigenvalue weighted by molar-refractivity contribution is 0.136. The molecule has 1 atom stereocenters. The van der Waals surface area contributed by atoms with Gasteiger partial charge in [-0.05, 0) is 18.9 Å². The van der Waals surface area contributed by atoms with Gasteiger partial charge < -0.3 is 19.8 Å². The minimum atomic E-state index is -0.984. The van der Waals surface area contributed by atoms with Gasteiger partial charge in [0.2, 0.25) is 0 Å². The minimum Gasteiger partial charge on any atom is -0.465 e. The number of nitrogens with zero attached hydrogens (tertiary/aromatic N) is 8. The van der Waals surface area contributed by atoms with Gasteiger partial charge in [0.25, 0.3) is 0 Å². The molecule has 3 aromatic heterocycles. The van der Waals surface area contributed by atoms with Crippen molar-refractivity contribution in [2.45, 2.75) is 32.7 Å². The van der Waals surface area contributed by atoms with E-state index in [2.05, 4.69) is 19.9 Å². The van der Waals surface area contributed by atoms with Gasteiger partial charge in [0.15, 0.2) is 11.5 Å². The molecule has 0 aromatic carbocycles. The van der Waals surface area contributed by atoms with Crippen LogP contribution in [0.1, 0.15) is 32.4 Å². The number of aromatic nitrogens is 5. The first kappa shape index (κ1) is 24.9. The van der Waals surface area contributed by atoms with E-state index >= 15 is 0 Å². The molecule has 0 aliphatic carbocycles. The molecule has 1 fully saturated rings. The molecule has 35 heavy (non-hydrogen) atoms. The highest BCUT2D eigenvalue weighted by atomic mass is 35.5. The van der Waals surface area contributed by atoms with Gasteiger partial charge in [-0.1, -0.05) is 37.0 Å². The number of anilines is 2. The summed E-state index contributed by atoms with van der Waals surface area (Å²) in [5.41, 5.74) is 0.808. The zero-order valence-electron chi connectivity index (χ0n) is 20.0. The molecule has 1 N–H and O–H groups in total. The number of rotatable bonds is 4. The van der Waals surface area contributed by atoms with E-state index in [0.29, 0.717) is 34.9 Å². The van der Waals surface area contributed by atoms with Crippen molar-refractivity contribution in [2.24, 2.45) is 0 Å². The molecule has 4 rings (SSSR count). The van der Waals surface area contributed by atoms with Gasteiger partial charge in [-0.15, -0.1) is 0 Å². The summed E-state index contributed by atoms with van der Waals surface area (Å²) >= 11 is 12.7. The zero-order valence-corrected chi connectivity index (χ0v) is 21.5. The van der Waals surface area contributed by atoms with Gasteiger partial charge >= 0.3 is 11.8 Å². The van der Waals surface area contributed by atoms with Gasteiger partial charge in [0, 0.05) is 39.8 Å². The molecule has 1 amide bonds. The first-order valence-corrected chi connectivity index (χ1v) is 11.8. The summed E-state index contributed by atoms with van der Waals surface area (Å²) in [5.74, 6) is 0.873. The summed E-state index contributed by atoms with van der Waals surface area (Å²) in [5, 5.41) is 10.1. The molecule has 3 aromatic rings. The molecule has 0 saturated carbocycles. The maximum Gasteiger partial charge on any atom is 0.407 e. The van der Waals surface area contributed by atoms with E-state index in [1.165, 1.54) is 15.8 Å². The standard InChI is InChI=1S/C22H26Cl2N8O3/c1-11(2)15-16(20(29(4)5)26-10-25-15)32-19-13(8-14(23)17(24)27-19)18(28-21(32)33)31-7-6-30(22(34)35)9-12(31)3/h8,10-12H,6-7,9H2,1-5H3,(H,34,35)/t12-/m0/s1. The van der Waals surface area contributed by atoms with Crippen LogP contribution in [0.15, 0.2) is 17.2 Å². The normalized spacial score (nSPS) is 16.3. The molecule has 1 aliphatic rings. The molecule has 186 valence electrons. The fourth-order valence-electron chi connectivity index (χ4n) is 4.30. The van der Waals surface area contributed by atoms with Crippen LogP contribution < -0.4 is 15.5 Å². The third kappa shape index (κ3) is 4.45. The largest absolute Gasteiger partial charge is 0.465 e. The zero-order chi connectivity index (χ0) is 25.6. The van der Waals surface area contributed by atoms with Crippen LogP contribution in [0.2, 0.25) is 10.2 Å². The van der Waals surface area contributed by atoms with E-state index in [1.807, 2.05) is 39.8 Å². The van der Waals surface area contributed by atoms with Crippen molar-refractivity contribution in [2.75, 3.05) is 43.5 Å². The Labute approximate surface area is 211 Å². The fourth-order valence-corrected chi connectivity index (χ4v) is 4.58. The highest BCUT2D eigenvalue weighted by molar-refractivity contribution is 6.41. The van der Waals surface area contributed by atoms with Gasteiger partial charge in [-0.3, -0.25) is 0 Å². The van der Waals surface area contributed by atoms with Gasteiger partial charge in [-0.2, -0.15) is 4.98 Å². The van der Waals surface area contributed by atoms with Crippen LogP contribution in [-0.4, -0.2) is 80.4 Å². The molecular formula is C22H26Cl2N8O3. The van der Waals surface area contributed by atoms with E-state index in [9.17, 15) is 14.7 Å². The summed E-state index contributed by atoms with van der Waals surface area (Å²) in [4.78, 5) is 47.9. The second-order valence-corrected chi connectivity index (χ2v) is 9.70. The number of amides is 1. The Morgan fingerprint density at radius 1 is 1.20 bits per heavy atom. The number of halogens is 2. The number of carbonyl (C=O) groups is 1. The predicted molar refractivity (Wildman–Crippen MR) is 136 cm³/mol. The first-order valence-electron chi connectivity index (χ1n) is 11.1. The molecule has 4 heterocycles. The van der Waals surface area contributed by atoms with Crippen molar-refractivity contribution in [1.29, 1.82) is 0 Å².